The van der Waals surface area contributed by atoms with E-state index in [1.54, 1.807) is 22.8 Å². The summed E-state index contributed by atoms with van der Waals surface area (Å²) in [7, 11) is 0. The molecule has 4 nitrogen and oxygen atoms in total. The van der Waals surface area contributed by atoms with Crippen LogP contribution in [0.1, 0.15) is 51.5 Å². The summed E-state index contributed by atoms with van der Waals surface area (Å²) in [4.78, 5) is 32.0. The van der Waals surface area contributed by atoms with Crippen LogP contribution in [0.5, 0.6) is 0 Å². The Bertz CT molecular complexity index is 866. The van der Waals surface area contributed by atoms with E-state index < -0.39 is 0 Å². The van der Waals surface area contributed by atoms with Gasteiger partial charge in [0.15, 0.2) is 5.16 Å². The third-order valence-corrected chi connectivity index (χ3v) is 7.14. The van der Waals surface area contributed by atoms with Gasteiger partial charge in [-0.2, -0.15) is 0 Å². The molecule has 1 aliphatic carbocycles. The van der Waals surface area contributed by atoms with Gasteiger partial charge in [-0.3, -0.25) is 14.2 Å². The quantitative estimate of drug-likeness (QED) is 0.575. The Labute approximate surface area is 157 Å². The van der Waals surface area contributed by atoms with E-state index in [2.05, 4.69) is 20.8 Å². The van der Waals surface area contributed by atoms with Crippen molar-refractivity contribution in [2.75, 3.05) is 0 Å². The van der Waals surface area contributed by atoms with Crippen molar-refractivity contribution in [2.45, 2.75) is 70.8 Å². The van der Waals surface area contributed by atoms with Crippen LogP contribution in [0.3, 0.4) is 0 Å². The highest BCUT2D eigenvalue weighted by molar-refractivity contribution is 8.00. The average Bonchev–Trinajstić information content (AvgIpc) is 2.87. The van der Waals surface area contributed by atoms with E-state index in [1.165, 1.54) is 22.2 Å². The Kier molecular flexibility index (Phi) is 5.40. The molecule has 0 aromatic carbocycles. The van der Waals surface area contributed by atoms with Crippen LogP contribution in [0, 0.1) is 11.8 Å². The third-order valence-electron chi connectivity index (χ3n) is 4.78. The first-order valence-electron chi connectivity index (χ1n) is 9.00. The number of hydrogen-bond donors (Lipinski definition) is 0. The van der Waals surface area contributed by atoms with Crippen molar-refractivity contribution in [3.8, 4) is 0 Å². The number of rotatable bonds is 5. The SMILES string of the molecule is CC(=O)C(C)Sc1nc2sc3c(c2c(=O)n1CC(C)C)CCC(C)C3. The van der Waals surface area contributed by atoms with Gasteiger partial charge in [-0.25, -0.2) is 4.98 Å². The lowest BCUT2D eigenvalue weighted by Crippen LogP contribution is -2.27. The summed E-state index contributed by atoms with van der Waals surface area (Å²) < 4.78 is 1.79. The van der Waals surface area contributed by atoms with E-state index in [-0.39, 0.29) is 16.6 Å². The van der Waals surface area contributed by atoms with Crippen molar-refractivity contribution in [3.05, 3.63) is 20.8 Å². The molecule has 0 fully saturated rings. The molecular weight excluding hydrogens is 352 g/mol. The second-order valence-electron chi connectivity index (χ2n) is 7.61. The third kappa shape index (κ3) is 3.70. The number of nitrogens with zero attached hydrogens (tertiary/aromatic N) is 2. The number of thiophene rings is 1. The lowest BCUT2D eigenvalue weighted by Gasteiger charge is -2.18. The minimum Gasteiger partial charge on any atom is -0.299 e. The summed E-state index contributed by atoms with van der Waals surface area (Å²) in [6, 6.07) is 0. The van der Waals surface area contributed by atoms with Crippen LogP contribution < -0.4 is 5.56 Å². The first kappa shape index (κ1) is 18.6. The smallest absolute Gasteiger partial charge is 0.263 e. The van der Waals surface area contributed by atoms with E-state index in [4.69, 9.17) is 4.98 Å². The zero-order valence-electron chi connectivity index (χ0n) is 15.6. The lowest BCUT2D eigenvalue weighted by molar-refractivity contribution is -0.116. The predicted molar refractivity (Wildman–Crippen MR) is 106 cm³/mol. The molecule has 2 aromatic heterocycles. The van der Waals surface area contributed by atoms with Crippen molar-refractivity contribution in [1.29, 1.82) is 0 Å². The largest absolute Gasteiger partial charge is 0.299 e. The summed E-state index contributed by atoms with van der Waals surface area (Å²) >= 11 is 3.08. The van der Waals surface area contributed by atoms with E-state index in [0.717, 1.165) is 29.5 Å². The molecule has 0 aliphatic heterocycles. The normalized spacial score (nSPS) is 18.6. The van der Waals surface area contributed by atoms with E-state index in [1.807, 2.05) is 6.92 Å². The summed E-state index contributed by atoms with van der Waals surface area (Å²) in [6.45, 7) is 10.6. The molecule has 6 heteroatoms. The van der Waals surface area contributed by atoms with Crippen LogP contribution in [-0.2, 0) is 24.2 Å². The molecule has 25 heavy (non-hydrogen) atoms. The van der Waals surface area contributed by atoms with Gasteiger partial charge in [-0.1, -0.05) is 32.5 Å². The zero-order valence-corrected chi connectivity index (χ0v) is 17.2. The molecule has 0 saturated carbocycles. The minimum absolute atomic E-state index is 0.0732. The standard InChI is InChI=1S/C19H26N2O2S2/c1-10(2)9-21-18(23)16-14-7-6-11(3)8-15(14)25-17(16)20-19(21)24-13(5)12(4)22/h10-11,13H,6-9H2,1-5H3. The fourth-order valence-electron chi connectivity index (χ4n) is 3.26. The summed E-state index contributed by atoms with van der Waals surface area (Å²) in [5.74, 6) is 1.12. The Morgan fingerprint density at radius 3 is 2.76 bits per heavy atom. The first-order chi connectivity index (χ1) is 11.8. The van der Waals surface area contributed by atoms with Gasteiger partial charge in [0, 0.05) is 11.4 Å². The van der Waals surface area contributed by atoms with Crippen molar-refractivity contribution in [2.24, 2.45) is 11.8 Å². The molecule has 0 spiro atoms. The van der Waals surface area contributed by atoms with Gasteiger partial charge in [-0.05, 0) is 50.5 Å². The second kappa shape index (κ2) is 7.23. The number of aromatic nitrogens is 2. The highest BCUT2D eigenvalue weighted by Gasteiger charge is 2.25. The molecule has 0 bridgehead atoms. The van der Waals surface area contributed by atoms with Crippen molar-refractivity contribution < 1.29 is 4.79 Å². The van der Waals surface area contributed by atoms with E-state index in [0.29, 0.717) is 23.5 Å². The maximum Gasteiger partial charge on any atom is 0.263 e. The Morgan fingerprint density at radius 2 is 2.12 bits per heavy atom. The highest BCUT2D eigenvalue weighted by Crippen LogP contribution is 2.37. The molecule has 0 amide bonds. The molecular formula is C19H26N2O2S2. The molecule has 136 valence electrons. The minimum atomic E-state index is -0.197. The molecule has 2 aromatic rings. The molecule has 0 N–H and O–H groups in total. The summed E-state index contributed by atoms with van der Waals surface area (Å²) in [5, 5.41) is 1.31. The number of carbonyl (C=O) groups excluding carboxylic acids is 1. The van der Waals surface area contributed by atoms with Gasteiger partial charge in [0.2, 0.25) is 0 Å². The van der Waals surface area contributed by atoms with Crippen molar-refractivity contribution >= 4 is 39.1 Å². The van der Waals surface area contributed by atoms with E-state index >= 15 is 0 Å². The first-order valence-corrected chi connectivity index (χ1v) is 10.7. The van der Waals surface area contributed by atoms with Gasteiger partial charge in [-0.15, -0.1) is 11.3 Å². The van der Waals surface area contributed by atoms with Crippen LogP contribution >= 0.6 is 23.1 Å². The predicted octanol–water partition coefficient (Wildman–Crippen LogP) is 4.31. The second-order valence-corrected chi connectivity index (χ2v) is 10.00. The number of ketones is 1. The van der Waals surface area contributed by atoms with Crippen molar-refractivity contribution in [3.63, 3.8) is 0 Å². The molecule has 0 radical (unpaired) electrons. The maximum absolute atomic E-state index is 13.3. The van der Waals surface area contributed by atoms with Gasteiger partial charge >= 0.3 is 0 Å². The fraction of sp³-hybridized carbons (Fsp3) is 0.632. The summed E-state index contributed by atoms with van der Waals surface area (Å²) in [6.07, 6.45) is 3.16. The topological polar surface area (TPSA) is 52.0 Å². The van der Waals surface area contributed by atoms with Crippen LogP contribution in [0.2, 0.25) is 0 Å². The number of thioether (sulfide) groups is 1. The average molecular weight is 379 g/mol. The van der Waals surface area contributed by atoms with Crippen LogP contribution in [0.15, 0.2) is 9.95 Å². The monoisotopic (exact) mass is 378 g/mol. The molecule has 2 heterocycles. The Morgan fingerprint density at radius 1 is 1.40 bits per heavy atom. The zero-order chi connectivity index (χ0) is 18.3. The highest BCUT2D eigenvalue weighted by atomic mass is 32.2. The molecule has 3 rings (SSSR count). The van der Waals surface area contributed by atoms with Gasteiger partial charge in [0.05, 0.1) is 10.6 Å². The molecule has 2 atom stereocenters. The van der Waals surface area contributed by atoms with E-state index in [9.17, 15) is 9.59 Å². The number of Topliss-reactive ketones (excluding diaryl/α,β-unsaturated/α-hetero) is 1. The number of hydrogen-bond acceptors (Lipinski definition) is 5. The van der Waals surface area contributed by atoms with Crippen LogP contribution in [-0.4, -0.2) is 20.6 Å². The number of aryl methyl sites for hydroxylation is 1. The van der Waals surface area contributed by atoms with Crippen LogP contribution in [0.25, 0.3) is 10.2 Å². The van der Waals surface area contributed by atoms with Crippen molar-refractivity contribution in [1.82, 2.24) is 9.55 Å². The Balaban J connectivity index is 2.18. The molecule has 2 unspecified atom stereocenters. The Hall–Kier alpha value is -1.14. The fourth-order valence-corrected chi connectivity index (χ4v) is 5.60. The van der Waals surface area contributed by atoms with Gasteiger partial charge < -0.3 is 0 Å². The molecule has 0 saturated heterocycles. The summed E-state index contributed by atoms with van der Waals surface area (Å²) in [5.41, 5.74) is 1.30. The number of carbonyl (C=O) groups is 1. The molecule has 1 aliphatic rings. The number of fused-ring (bicyclic) bond motifs is 3. The van der Waals surface area contributed by atoms with Gasteiger partial charge in [0.25, 0.3) is 5.56 Å². The maximum atomic E-state index is 13.3. The lowest BCUT2D eigenvalue weighted by atomic mass is 9.89. The van der Waals surface area contributed by atoms with Gasteiger partial charge in [0.1, 0.15) is 10.6 Å². The van der Waals surface area contributed by atoms with Crippen LogP contribution in [0.4, 0.5) is 0 Å².